The van der Waals surface area contributed by atoms with E-state index in [0.717, 1.165) is 35.8 Å². The van der Waals surface area contributed by atoms with Crippen molar-refractivity contribution >= 4 is 11.6 Å². The van der Waals surface area contributed by atoms with Crippen LogP contribution in [0.2, 0.25) is 0 Å². The Balaban J connectivity index is 1.58. The van der Waals surface area contributed by atoms with E-state index in [1.165, 1.54) is 12.8 Å². The lowest BCUT2D eigenvalue weighted by Crippen LogP contribution is -2.37. The van der Waals surface area contributed by atoms with Crippen molar-refractivity contribution in [3.8, 4) is 5.75 Å². The maximum Gasteiger partial charge on any atom is 0.256 e. The normalized spacial score (nSPS) is 15.6. The Bertz CT molecular complexity index is 1020. The Morgan fingerprint density at radius 3 is 2.76 bits per heavy atom. The summed E-state index contributed by atoms with van der Waals surface area (Å²) in [6.07, 6.45) is 3.95. The van der Waals surface area contributed by atoms with Gasteiger partial charge in [0.15, 0.2) is 5.65 Å². The lowest BCUT2D eigenvalue weighted by molar-refractivity contribution is 0.0938. The van der Waals surface area contributed by atoms with Crippen molar-refractivity contribution in [2.45, 2.75) is 32.7 Å². The number of benzene rings is 1. The highest BCUT2D eigenvalue weighted by molar-refractivity contribution is 5.99. The van der Waals surface area contributed by atoms with Gasteiger partial charge < -0.3 is 10.1 Å². The number of hydrogen-bond donors (Lipinski definition) is 1. The number of carbonyl (C=O) groups excluding carboxylic acids is 1. The number of methoxy groups -OCH3 is 1. The number of para-hydroxylation sites is 1. The van der Waals surface area contributed by atoms with E-state index in [1.54, 1.807) is 17.8 Å². The molecular formula is C22H27N5O2. The third-order valence-electron chi connectivity index (χ3n) is 5.56. The Kier molecular flexibility index (Phi) is 5.49. The zero-order valence-electron chi connectivity index (χ0n) is 17.2. The van der Waals surface area contributed by atoms with Gasteiger partial charge in [0, 0.05) is 23.5 Å². The number of rotatable bonds is 6. The highest BCUT2D eigenvalue weighted by Crippen LogP contribution is 2.31. The zero-order valence-corrected chi connectivity index (χ0v) is 17.2. The molecular weight excluding hydrogens is 366 g/mol. The maximum absolute atomic E-state index is 13.0. The van der Waals surface area contributed by atoms with Gasteiger partial charge in [-0.2, -0.15) is 5.10 Å². The molecule has 7 heteroatoms. The first kappa shape index (κ1) is 19.4. The predicted octanol–water partition coefficient (Wildman–Crippen LogP) is 2.92. The van der Waals surface area contributed by atoms with Gasteiger partial charge in [0.2, 0.25) is 0 Å². The van der Waals surface area contributed by atoms with E-state index in [-0.39, 0.29) is 11.9 Å². The fraction of sp³-hybridized carbons (Fsp3) is 0.409. The lowest BCUT2D eigenvalue weighted by Gasteiger charge is -2.29. The number of carbonyl (C=O) groups is 1. The first-order chi connectivity index (χ1) is 14.1. The molecule has 2 aromatic heterocycles. The number of fused-ring (bicyclic) bond motifs is 1. The van der Waals surface area contributed by atoms with Gasteiger partial charge in [0.25, 0.3) is 5.91 Å². The Morgan fingerprint density at radius 2 is 2.00 bits per heavy atom. The number of likely N-dealkylation sites (tertiary alicyclic amines) is 1. The minimum atomic E-state index is -0.156. The van der Waals surface area contributed by atoms with Crippen LogP contribution in [0.5, 0.6) is 5.75 Å². The van der Waals surface area contributed by atoms with Crippen molar-refractivity contribution in [1.82, 2.24) is 24.8 Å². The third-order valence-corrected chi connectivity index (χ3v) is 5.56. The van der Waals surface area contributed by atoms with Crippen molar-refractivity contribution in [1.29, 1.82) is 0 Å². The Hall–Kier alpha value is -2.93. The molecule has 0 radical (unpaired) electrons. The van der Waals surface area contributed by atoms with Gasteiger partial charge in [-0.05, 0) is 51.9 Å². The van der Waals surface area contributed by atoms with E-state index in [0.29, 0.717) is 17.8 Å². The standard InChI is InChI=1S/C22H27N5O2/c1-15-12-16(2)27-21(25-15)18(13-24-27)22(28)23-14-19(26-10-6-7-11-26)17-8-4-5-9-20(17)29-3/h4-5,8-9,12-13,19H,6-7,10-11,14H2,1-3H3,(H,23,28). The fourth-order valence-electron chi connectivity index (χ4n) is 4.15. The predicted molar refractivity (Wildman–Crippen MR) is 111 cm³/mol. The number of aryl methyl sites for hydroxylation is 2. The highest BCUT2D eigenvalue weighted by Gasteiger charge is 2.27. The molecule has 7 nitrogen and oxygen atoms in total. The lowest BCUT2D eigenvalue weighted by atomic mass is 10.0. The first-order valence-corrected chi connectivity index (χ1v) is 10.1. The van der Waals surface area contributed by atoms with Crippen LogP contribution in [0.3, 0.4) is 0 Å². The van der Waals surface area contributed by atoms with Gasteiger partial charge in [-0.25, -0.2) is 9.50 Å². The molecule has 3 heterocycles. The molecule has 152 valence electrons. The second-order valence-electron chi connectivity index (χ2n) is 7.54. The minimum absolute atomic E-state index is 0.0656. The third kappa shape index (κ3) is 3.82. The van der Waals surface area contributed by atoms with Crippen LogP contribution in [-0.2, 0) is 0 Å². The second-order valence-corrected chi connectivity index (χ2v) is 7.54. The zero-order chi connectivity index (χ0) is 20.4. The summed E-state index contributed by atoms with van der Waals surface area (Å²) in [5.74, 6) is 0.694. The van der Waals surface area contributed by atoms with Gasteiger partial charge in [-0.15, -0.1) is 0 Å². The number of nitrogens with zero attached hydrogens (tertiary/aromatic N) is 4. The van der Waals surface area contributed by atoms with Crippen LogP contribution in [0.15, 0.2) is 36.5 Å². The number of ether oxygens (including phenoxy) is 1. The molecule has 1 saturated heterocycles. The molecule has 1 aliphatic rings. The van der Waals surface area contributed by atoms with Crippen molar-refractivity contribution in [3.63, 3.8) is 0 Å². The van der Waals surface area contributed by atoms with Gasteiger partial charge in [-0.3, -0.25) is 9.69 Å². The van der Waals surface area contributed by atoms with Crippen LogP contribution in [0.4, 0.5) is 0 Å². The molecule has 3 aromatic rings. The van der Waals surface area contributed by atoms with Gasteiger partial charge in [0.05, 0.1) is 19.3 Å². The summed E-state index contributed by atoms with van der Waals surface area (Å²) < 4.78 is 7.29. The molecule has 1 amide bonds. The average Bonchev–Trinajstić information content (AvgIpc) is 3.38. The maximum atomic E-state index is 13.0. The summed E-state index contributed by atoms with van der Waals surface area (Å²) in [6, 6.07) is 10.1. The van der Waals surface area contributed by atoms with E-state index < -0.39 is 0 Å². The highest BCUT2D eigenvalue weighted by atomic mass is 16.5. The molecule has 0 saturated carbocycles. The van der Waals surface area contributed by atoms with E-state index in [9.17, 15) is 4.79 Å². The van der Waals surface area contributed by atoms with Crippen LogP contribution in [0.25, 0.3) is 5.65 Å². The summed E-state index contributed by atoms with van der Waals surface area (Å²) in [5, 5.41) is 7.45. The number of hydrogen-bond acceptors (Lipinski definition) is 5. The minimum Gasteiger partial charge on any atom is -0.496 e. The van der Waals surface area contributed by atoms with Crippen molar-refractivity contribution in [2.75, 3.05) is 26.7 Å². The monoisotopic (exact) mass is 393 g/mol. The van der Waals surface area contributed by atoms with Crippen LogP contribution >= 0.6 is 0 Å². The van der Waals surface area contributed by atoms with Crippen molar-refractivity contribution in [3.05, 3.63) is 59.0 Å². The molecule has 1 fully saturated rings. The number of nitrogens with one attached hydrogen (secondary N) is 1. The Labute approximate surface area is 170 Å². The van der Waals surface area contributed by atoms with Crippen LogP contribution in [-0.4, -0.2) is 52.1 Å². The molecule has 1 N–H and O–H groups in total. The Morgan fingerprint density at radius 1 is 1.24 bits per heavy atom. The molecule has 1 unspecified atom stereocenters. The van der Waals surface area contributed by atoms with E-state index in [1.807, 2.05) is 38.1 Å². The van der Waals surface area contributed by atoms with Crippen LogP contribution in [0, 0.1) is 13.8 Å². The van der Waals surface area contributed by atoms with Crippen LogP contribution in [0.1, 0.15) is 46.2 Å². The SMILES string of the molecule is COc1ccccc1C(CNC(=O)c1cnn2c(C)cc(C)nc12)N1CCCC1. The average molecular weight is 393 g/mol. The number of amides is 1. The molecule has 1 aromatic carbocycles. The topological polar surface area (TPSA) is 71.8 Å². The summed E-state index contributed by atoms with van der Waals surface area (Å²) >= 11 is 0. The van der Waals surface area contributed by atoms with Gasteiger partial charge >= 0.3 is 0 Å². The van der Waals surface area contributed by atoms with Crippen molar-refractivity contribution < 1.29 is 9.53 Å². The van der Waals surface area contributed by atoms with Crippen molar-refractivity contribution in [2.24, 2.45) is 0 Å². The molecule has 4 rings (SSSR count). The van der Waals surface area contributed by atoms with E-state index >= 15 is 0 Å². The van der Waals surface area contributed by atoms with Crippen LogP contribution < -0.4 is 10.1 Å². The van der Waals surface area contributed by atoms with Gasteiger partial charge in [0.1, 0.15) is 11.3 Å². The molecule has 0 bridgehead atoms. The summed E-state index contributed by atoms with van der Waals surface area (Å²) in [7, 11) is 1.69. The summed E-state index contributed by atoms with van der Waals surface area (Å²) in [6.45, 7) is 6.43. The fourth-order valence-corrected chi connectivity index (χ4v) is 4.15. The molecule has 1 atom stereocenters. The largest absolute Gasteiger partial charge is 0.496 e. The summed E-state index contributed by atoms with van der Waals surface area (Å²) in [5.41, 5.74) is 4.01. The van der Waals surface area contributed by atoms with E-state index in [4.69, 9.17) is 4.74 Å². The second kappa shape index (κ2) is 8.21. The smallest absolute Gasteiger partial charge is 0.256 e. The quantitative estimate of drug-likeness (QED) is 0.697. The number of aromatic nitrogens is 3. The molecule has 29 heavy (non-hydrogen) atoms. The van der Waals surface area contributed by atoms with E-state index in [2.05, 4.69) is 26.4 Å². The molecule has 1 aliphatic heterocycles. The molecule has 0 spiro atoms. The summed E-state index contributed by atoms with van der Waals surface area (Å²) in [4.78, 5) is 19.9. The van der Waals surface area contributed by atoms with Gasteiger partial charge in [-0.1, -0.05) is 18.2 Å². The first-order valence-electron chi connectivity index (χ1n) is 10.1. The molecule has 0 aliphatic carbocycles.